The molecule has 0 radical (unpaired) electrons. The van der Waals surface area contributed by atoms with Gasteiger partial charge in [0, 0.05) is 37.4 Å². The quantitative estimate of drug-likeness (QED) is 0.905. The molecule has 0 spiro atoms. The largest absolute Gasteiger partial charge is 0.326 e. The molecule has 2 aromatic rings. The molecule has 2 aromatic heterocycles. The Morgan fingerprint density at radius 1 is 1.42 bits per heavy atom. The summed E-state index contributed by atoms with van der Waals surface area (Å²) < 4.78 is 26.2. The molecular weight excluding hydrogens is 282 g/mol. The number of hydrogen-bond donors (Lipinski definition) is 1. The van der Waals surface area contributed by atoms with Crippen molar-refractivity contribution in [3.8, 4) is 0 Å². The van der Waals surface area contributed by atoms with E-state index in [4.69, 9.17) is 5.73 Å². The lowest BCUT2D eigenvalue weighted by atomic mass is 10.3. The minimum absolute atomic E-state index is 0.229. The second-order valence-electron chi connectivity index (χ2n) is 4.03. The summed E-state index contributed by atoms with van der Waals surface area (Å²) in [5.74, 6) is 0. The highest BCUT2D eigenvalue weighted by atomic mass is 32.2. The van der Waals surface area contributed by atoms with E-state index in [9.17, 15) is 8.42 Å². The molecule has 0 saturated carbocycles. The number of pyridine rings is 1. The fourth-order valence-electron chi connectivity index (χ4n) is 1.71. The van der Waals surface area contributed by atoms with Crippen molar-refractivity contribution in [1.82, 2.24) is 9.29 Å². The van der Waals surface area contributed by atoms with Crippen LogP contribution in [0, 0.1) is 0 Å². The number of hydrogen-bond acceptors (Lipinski definition) is 5. The van der Waals surface area contributed by atoms with Gasteiger partial charge in [-0.1, -0.05) is 6.07 Å². The fourth-order valence-corrected chi connectivity index (χ4v) is 4.17. The Balaban J connectivity index is 2.25. The number of nitrogens with zero attached hydrogens (tertiary/aromatic N) is 2. The Hall–Kier alpha value is -1.28. The summed E-state index contributed by atoms with van der Waals surface area (Å²) in [6, 6.07) is 5.23. The van der Waals surface area contributed by atoms with E-state index in [2.05, 4.69) is 4.98 Å². The lowest BCUT2D eigenvalue weighted by Crippen LogP contribution is -2.27. The van der Waals surface area contributed by atoms with Crippen molar-refractivity contribution < 1.29 is 8.42 Å². The van der Waals surface area contributed by atoms with Crippen LogP contribution in [0.25, 0.3) is 0 Å². The number of thiophene rings is 1. The highest BCUT2D eigenvalue weighted by Gasteiger charge is 2.24. The van der Waals surface area contributed by atoms with Crippen molar-refractivity contribution in [3.63, 3.8) is 0 Å². The first-order valence-electron chi connectivity index (χ1n) is 5.67. The molecular formula is C12H15N3O2S2. The van der Waals surface area contributed by atoms with Gasteiger partial charge in [0.25, 0.3) is 0 Å². The van der Waals surface area contributed by atoms with Crippen LogP contribution in [0.5, 0.6) is 0 Å². The van der Waals surface area contributed by atoms with Crippen LogP contribution in [0.2, 0.25) is 0 Å². The first-order chi connectivity index (χ1) is 9.05. The van der Waals surface area contributed by atoms with Crippen LogP contribution in [0.1, 0.15) is 10.4 Å². The lowest BCUT2D eigenvalue weighted by molar-refractivity contribution is 0.466. The smallest absolute Gasteiger partial charge is 0.244 e. The zero-order chi connectivity index (χ0) is 13.9. The first kappa shape index (κ1) is 14.1. The number of rotatable bonds is 5. The number of sulfonamides is 1. The minimum Gasteiger partial charge on any atom is -0.326 e. The monoisotopic (exact) mass is 297 g/mol. The van der Waals surface area contributed by atoms with Crippen LogP contribution in [0.3, 0.4) is 0 Å². The third kappa shape index (κ3) is 3.01. The minimum atomic E-state index is -3.50. The first-order valence-corrected chi connectivity index (χ1v) is 7.99. The average Bonchev–Trinajstić information content (AvgIpc) is 2.88. The Labute approximate surface area is 116 Å². The molecule has 2 N–H and O–H groups in total. The molecule has 0 amide bonds. The Bertz CT molecular complexity index is 638. The van der Waals surface area contributed by atoms with Crippen LogP contribution in [0.15, 0.2) is 40.9 Å². The van der Waals surface area contributed by atoms with Gasteiger partial charge in [0.15, 0.2) is 0 Å². The predicted molar refractivity (Wildman–Crippen MR) is 75.1 cm³/mol. The maximum absolute atomic E-state index is 12.4. The van der Waals surface area contributed by atoms with Gasteiger partial charge in [-0.3, -0.25) is 4.98 Å². The molecule has 0 fully saturated rings. The van der Waals surface area contributed by atoms with Gasteiger partial charge < -0.3 is 5.73 Å². The van der Waals surface area contributed by atoms with Crippen LogP contribution in [-0.4, -0.2) is 24.8 Å². The van der Waals surface area contributed by atoms with Crippen LogP contribution in [0.4, 0.5) is 0 Å². The summed E-state index contributed by atoms with van der Waals surface area (Å²) in [6.45, 7) is 0.517. The topological polar surface area (TPSA) is 76.3 Å². The Kier molecular flexibility index (Phi) is 4.31. The summed E-state index contributed by atoms with van der Waals surface area (Å²) in [6.07, 6.45) is 3.31. The molecule has 0 aliphatic rings. The third-order valence-electron chi connectivity index (χ3n) is 2.71. The molecule has 5 nitrogen and oxygen atoms in total. The van der Waals surface area contributed by atoms with E-state index in [0.29, 0.717) is 9.77 Å². The van der Waals surface area contributed by atoms with Gasteiger partial charge in [-0.15, -0.1) is 11.3 Å². The summed E-state index contributed by atoms with van der Waals surface area (Å²) >= 11 is 1.36. The van der Waals surface area contributed by atoms with E-state index in [1.807, 2.05) is 6.07 Å². The molecule has 0 aliphatic heterocycles. The predicted octanol–water partition coefficient (Wildman–Crippen LogP) is 1.42. The van der Waals surface area contributed by atoms with E-state index < -0.39 is 10.0 Å². The van der Waals surface area contributed by atoms with Gasteiger partial charge >= 0.3 is 0 Å². The summed E-state index contributed by atoms with van der Waals surface area (Å²) in [5, 5.41) is 1.74. The van der Waals surface area contributed by atoms with E-state index in [1.165, 1.54) is 15.6 Å². The Morgan fingerprint density at radius 2 is 2.21 bits per heavy atom. The maximum atomic E-state index is 12.4. The third-order valence-corrected chi connectivity index (χ3v) is 5.67. The molecule has 102 valence electrons. The van der Waals surface area contributed by atoms with E-state index in [0.717, 1.165) is 5.56 Å². The normalized spacial score (nSPS) is 11.9. The number of nitrogens with two attached hydrogens (primary N) is 1. The highest BCUT2D eigenvalue weighted by molar-refractivity contribution is 7.89. The lowest BCUT2D eigenvalue weighted by Gasteiger charge is -2.17. The second kappa shape index (κ2) is 5.79. The number of aromatic nitrogens is 1. The molecule has 2 heterocycles. The van der Waals surface area contributed by atoms with Gasteiger partial charge in [0.05, 0.1) is 4.90 Å². The zero-order valence-corrected chi connectivity index (χ0v) is 12.1. The Morgan fingerprint density at radius 3 is 2.84 bits per heavy atom. The van der Waals surface area contributed by atoms with Crippen molar-refractivity contribution in [2.75, 3.05) is 7.05 Å². The molecule has 2 rings (SSSR count). The molecule has 0 bridgehead atoms. The molecule has 0 unspecified atom stereocenters. The fraction of sp³-hybridized carbons (Fsp3) is 0.250. The van der Waals surface area contributed by atoms with E-state index in [-0.39, 0.29) is 13.1 Å². The van der Waals surface area contributed by atoms with Crippen molar-refractivity contribution >= 4 is 21.4 Å². The molecule has 0 aromatic carbocycles. The van der Waals surface area contributed by atoms with Crippen LogP contribution >= 0.6 is 11.3 Å². The van der Waals surface area contributed by atoms with Crippen molar-refractivity contribution in [2.45, 2.75) is 18.0 Å². The van der Waals surface area contributed by atoms with Crippen LogP contribution < -0.4 is 5.73 Å². The van der Waals surface area contributed by atoms with Gasteiger partial charge in [-0.2, -0.15) is 4.31 Å². The molecule has 19 heavy (non-hydrogen) atoms. The SMILES string of the molecule is CN(Cc1cccnc1)S(=O)(=O)c1ccsc1CN. The van der Waals surface area contributed by atoms with Gasteiger partial charge in [0.1, 0.15) is 0 Å². The zero-order valence-electron chi connectivity index (χ0n) is 10.5. The van der Waals surface area contributed by atoms with E-state index >= 15 is 0 Å². The maximum Gasteiger partial charge on any atom is 0.244 e. The van der Waals surface area contributed by atoms with Gasteiger partial charge in [0.2, 0.25) is 10.0 Å². The summed E-state index contributed by atoms with van der Waals surface area (Å²) in [4.78, 5) is 4.95. The molecule has 0 saturated heterocycles. The van der Waals surface area contributed by atoms with Crippen molar-refractivity contribution in [3.05, 3.63) is 46.4 Å². The summed E-state index contributed by atoms with van der Waals surface area (Å²) in [7, 11) is -1.94. The average molecular weight is 297 g/mol. The molecule has 7 heteroatoms. The summed E-state index contributed by atoms with van der Waals surface area (Å²) in [5.41, 5.74) is 6.41. The van der Waals surface area contributed by atoms with Crippen molar-refractivity contribution in [1.29, 1.82) is 0 Å². The van der Waals surface area contributed by atoms with E-state index in [1.54, 1.807) is 37.0 Å². The van der Waals surface area contributed by atoms with Crippen molar-refractivity contribution in [2.24, 2.45) is 5.73 Å². The van der Waals surface area contributed by atoms with Gasteiger partial charge in [-0.25, -0.2) is 8.42 Å². The van der Waals surface area contributed by atoms with Crippen LogP contribution in [-0.2, 0) is 23.1 Å². The molecule has 0 atom stereocenters. The van der Waals surface area contributed by atoms with Gasteiger partial charge in [-0.05, 0) is 23.1 Å². The molecule has 0 aliphatic carbocycles. The second-order valence-corrected chi connectivity index (χ2v) is 7.05. The standard InChI is InChI=1S/C12H15N3O2S2/c1-15(9-10-3-2-5-14-8-10)19(16,17)12-4-6-18-11(12)7-13/h2-6,8H,7,9,13H2,1H3. The highest BCUT2D eigenvalue weighted by Crippen LogP contribution is 2.24.